The number of hydrogen-bond acceptors (Lipinski definition) is 6. The highest BCUT2D eigenvalue weighted by Crippen LogP contribution is 2.36. The van der Waals surface area contributed by atoms with E-state index in [1.165, 1.54) is 35.8 Å². The molecule has 1 aliphatic carbocycles. The van der Waals surface area contributed by atoms with Crippen LogP contribution in [-0.2, 0) is 0 Å². The van der Waals surface area contributed by atoms with E-state index < -0.39 is 0 Å². The Bertz CT molecular complexity index is 820. The van der Waals surface area contributed by atoms with Crippen molar-refractivity contribution in [1.29, 1.82) is 0 Å². The molecule has 0 aliphatic heterocycles. The van der Waals surface area contributed by atoms with Gasteiger partial charge in [-0.05, 0) is 45.8 Å². The number of nitrogens with one attached hydrogen (secondary N) is 1. The molecule has 5 nitrogen and oxygen atoms in total. The van der Waals surface area contributed by atoms with Gasteiger partial charge in [0.05, 0.1) is 10.1 Å². The molecule has 3 heterocycles. The zero-order chi connectivity index (χ0) is 15.8. The van der Waals surface area contributed by atoms with Crippen molar-refractivity contribution in [2.24, 2.45) is 0 Å². The largest absolute Gasteiger partial charge is 0.367 e. The van der Waals surface area contributed by atoms with E-state index in [9.17, 15) is 0 Å². The van der Waals surface area contributed by atoms with E-state index in [1.54, 1.807) is 17.7 Å². The number of nitrogens with zero attached hydrogens (tertiary/aromatic N) is 4. The van der Waals surface area contributed by atoms with Gasteiger partial charge in [-0.1, -0.05) is 0 Å². The van der Waals surface area contributed by atoms with Crippen LogP contribution in [0.2, 0.25) is 0 Å². The quantitative estimate of drug-likeness (QED) is 0.797. The Morgan fingerprint density at radius 1 is 1.17 bits per heavy atom. The summed E-state index contributed by atoms with van der Waals surface area (Å²) >= 11 is 1.68. The lowest BCUT2D eigenvalue weighted by atomic mass is 9.90. The fourth-order valence-corrected chi connectivity index (χ4v) is 4.51. The number of rotatable bonds is 3. The van der Waals surface area contributed by atoms with Crippen LogP contribution in [0, 0.1) is 0 Å². The van der Waals surface area contributed by atoms with Crippen LogP contribution < -0.4 is 5.32 Å². The van der Waals surface area contributed by atoms with E-state index >= 15 is 0 Å². The lowest BCUT2D eigenvalue weighted by Gasteiger charge is -2.33. The van der Waals surface area contributed by atoms with E-state index in [0.717, 1.165) is 16.0 Å². The molecule has 6 heteroatoms. The lowest BCUT2D eigenvalue weighted by Crippen LogP contribution is -2.36. The highest BCUT2D eigenvalue weighted by Gasteiger charge is 2.23. The molecule has 23 heavy (non-hydrogen) atoms. The van der Waals surface area contributed by atoms with Gasteiger partial charge < -0.3 is 10.2 Å². The zero-order valence-corrected chi connectivity index (χ0v) is 14.3. The van der Waals surface area contributed by atoms with Crippen LogP contribution in [-0.4, -0.2) is 46.0 Å². The van der Waals surface area contributed by atoms with Crippen molar-refractivity contribution in [3.05, 3.63) is 24.8 Å². The summed E-state index contributed by atoms with van der Waals surface area (Å²) in [4.78, 5) is 16.6. The molecule has 0 saturated heterocycles. The molecule has 0 radical (unpaired) electrons. The molecule has 3 aromatic rings. The van der Waals surface area contributed by atoms with Crippen LogP contribution in [0.1, 0.15) is 25.7 Å². The second-order valence-corrected chi connectivity index (χ2v) is 7.52. The minimum absolute atomic E-state index is 0.501. The number of fused-ring (bicyclic) bond motifs is 3. The summed E-state index contributed by atoms with van der Waals surface area (Å²) in [6.45, 7) is 0. The highest BCUT2D eigenvalue weighted by atomic mass is 32.1. The third kappa shape index (κ3) is 2.77. The monoisotopic (exact) mass is 327 g/mol. The third-order valence-electron chi connectivity index (χ3n) is 4.84. The molecular formula is C17H21N5S. The van der Waals surface area contributed by atoms with Crippen molar-refractivity contribution >= 4 is 37.5 Å². The molecule has 0 aromatic carbocycles. The molecular weight excluding hydrogens is 306 g/mol. The Morgan fingerprint density at radius 2 is 2.00 bits per heavy atom. The molecule has 4 rings (SSSR count). The Hall–Kier alpha value is -1.79. The fourth-order valence-electron chi connectivity index (χ4n) is 3.50. The molecule has 1 saturated carbocycles. The number of thiophene rings is 1. The summed E-state index contributed by atoms with van der Waals surface area (Å²) in [6.07, 6.45) is 10.3. The maximum absolute atomic E-state index is 4.53. The predicted octanol–water partition coefficient (Wildman–Crippen LogP) is 3.52. The number of aromatic nitrogens is 3. The average molecular weight is 327 g/mol. The van der Waals surface area contributed by atoms with Crippen LogP contribution >= 0.6 is 11.3 Å². The van der Waals surface area contributed by atoms with Crippen LogP contribution in [0.25, 0.3) is 20.3 Å². The summed E-state index contributed by atoms with van der Waals surface area (Å²) in [7, 11) is 4.36. The van der Waals surface area contributed by atoms with Gasteiger partial charge in [-0.2, -0.15) is 0 Å². The minimum Gasteiger partial charge on any atom is -0.367 e. The molecule has 0 spiro atoms. The molecule has 3 aromatic heterocycles. The van der Waals surface area contributed by atoms with Crippen molar-refractivity contribution in [3.63, 3.8) is 0 Å². The third-order valence-corrected chi connectivity index (χ3v) is 5.89. The molecule has 1 fully saturated rings. The number of hydrogen-bond donors (Lipinski definition) is 1. The first-order valence-electron chi connectivity index (χ1n) is 8.12. The second kappa shape index (κ2) is 6.02. The SMILES string of the molecule is CN(C)C1CCC(Nc2ncnc3sc4cnccc4c23)CC1. The van der Waals surface area contributed by atoms with Gasteiger partial charge in [-0.3, -0.25) is 4.98 Å². The summed E-state index contributed by atoms with van der Waals surface area (Å²) in [6, 6.07) is 3.28. The first kappa shape index (κ1) is 14.8. The Balaban J connectivity index is 1.62. The average Bonchev–Trinajstić information content (AvgIpc) is 2.95. The van der Waals surface area contributed by atoms with Crippen molar-refractivity contribution in [1.82, 2.24) is 19.9 Å². The van der Waals surface area contributed by atoms with Crippen molar-refractivity contribution < 1.29 is 0 Å². The van der Waals surface area contributed by atoms with Crippen molar-refractivity contribution in [2.75, 3.05) is 19.4 Å². The van der Waals surface area contributed by atoms with Gasteiger partial charge in [0.2, 0.25) is 0 Å². The normalized spacial score (nSPS) is 22.0. The van der Waals surface area contributed by atoms with E-state index in [-0.39, 0.29) is 0 Å². The maximum Gasteiger partial charge on any atom is 0.139 e. The number of pyridine rings is 1. The van der Waals surface area contributed by atoms with E-state index in [1.807, 2.05) is 12.4 Å². The predicted molar refractivity (Wildman–Crippen MR) is 96.1 cm³/mol. The molecule has 0 atom stereocenters. The first-order valence-corrected chi connectivity index (χ1v) is 8.94. The van der Waals surface area contributed by atoms with Crippen molar-refractivity contribution in [2.45, 2.75) is 37.8 Å². The maximum atomic E-state index is 4.53. The van der Waals surface area contributed by atoms with Crippen LogP contribution in [0.3, 0.4) is 0 Å². The fraction of sp³-hybridized carbons (Fsp3) is 0.471. The molecule has 1 N–H and O–H groups in total. The lowest BCUT2D eigenvalue weighted by molar-refractivity contribution is 0.221. The van der Waals surface area contributed by atoms with Gasteiger partial charge in [0, 0.05) is 29.9 Å². The van der Waals surface area contributed by atoms with Gasteiger partial charge in [-0.25, -0.2) is 9.97 Å². The van der Waals surface area contributed by atoms with E-state index in [2.05, 4.69) is 45.3 Å². The second-order valence-electron chi connectivity index (χ2n) is 6.49. The van der Waals surface area contributed by atoms with Crippen LogP contribution in [0.15, 0.2) is 24.8 Å². The van der Waals surface area contributed by atoms with Crippen LogP contribution in [0.5, 0.6) is 0 Å². The van der Waals surface area contributed by atoms with Gasteiger partial charge in [0.15, 0.2) is 0 Å². The van der Waals surface area contributed by atoms with E-state index in [4.69, 9.17) is 0 Å². The Kier molecular flexibility index (Phi) is 3.87. The standard InChI is InChI=1S/C17H21N5S/c1-22(2)12-5-3-11(4-6-12)21-16-15-13-7-8-18-9-14(13)23-17(15)20-10-19-16/h7-12H,3-6H2,1-2H3,(H,19,20,21). The molecule has 0 bridgehead atoms. The first-order chi connectivity index (χ1) is 11.2. The summed E-state index contributed by atoms with van der Waals surface area (Å²) in [5.74, 6) is 0.973. The highest BCUT2D eigenvalue weighted by molar-refractivity contribution is 7.25. The van der Waals surface area contributed by atoms with Gasteiger partial charge in [0.25, 0.3) is 0 Å². The molecule has 0 amide bonds. The molecule has 0 unspecified atom stereocenters. The summed E-state index contributed by atoms with van der Waals surface area (Å²) < 4.78 is 1.17. The smallest absolute Gasteiger partial charge is 0.139 e. The van der Waals surface area contributed by atoms with Gasteiger partial charge in [-0.15, -0.1) is 11.3 Å². The van der Waals surface area contributed by atoms with Crippen molar-refractivity contribution in [3.8, 4) is 0 Å². The zero-order valence-electron chi connectivity index (χ0n) is 13.5. The topological polar surface area (TPSA) is 53.9 Å². The minimum atomic E-state index is 0.501. The van der Waals surface area contributed by atoms with Gasteiger partial charge >= 0.3 is 0 Å². The summed E-state index contributed by atoms with van der Waals surface area (Å²) in [5.41, 5.74) is 0. The van der Waals surface area contributed by atoms with Crippen LogP contribution in [0.4, 0.5) is 5.82 Å². The molecule has 120 valence electrons. The van der Waals surface area contributed by atoms with Gasteiger partial charge in [0.1, 0.15) is 17.0 Å². The summed E-state index contributed by atoms with van der Waals surface area (Å²) in [5, 5.41) is 6.02. The van der Waals surface area contributed by atoms with E-state index in [0.29, 0.717) is 12.1 Å². The Labute approximate surface area is 139 Å². The number of anilines is 1. The molecule has 1 aliphatic rings. The Morgan fingerprint density at radius 3 is 2.78 bits per heavy atom.